The van der Waals surface area contributed by atoms with E-state index in [4.69, 9.17) is 35.4 Å². The average molecular weight is 408 g/mol. The summed E-state index contributed by atoms with van der Waals surface area (Å²) in [6.07, 6.45) is 1.11. The molecule has 1 aliphatic heterocycles. The quantitative estimate of drug-likeness (QED) is 0.747. The maximum Gasteiger partial charge on any atom is 0.169 e. The van der Waals surface area contributed by atoms with Crippen LogP contribution in [0.4, 0.5) is 0 Å². The standard InChI is InChI=1S/C20H23Cl2N3S/c21-18-8-7-17(13-19(18)22)14-23-20(26)25-10-4-9-24(11-12-25)15-16-5-2-1-3-6-16/h1-3,5-8,13H,4,9-12,14-15H2,(H,23,26). The second kappa shape index (κ2) is 9.56. The van der Waals surface area contributed by atoms with E-state index in [-0.39, 0.29) is 0 Å². The van der Waals surface area contributed by atoms with Crippen molar-refractivity contribution in [3.63, 3.8) is 0 Å². The van der Waals surface area contributed by atoms with Crippen LogP contribution in [0.15, 0.2) is 48.5 Å². The summed E-state index contributed by atoms with van der Waals surface area (Å²) >= 11 is 17.6. The van der Waals surface area contributed by atoms with Crippen LogP contribution in [-0.2, 0) is 13.1 Å². The van der Waals surface area contributed by atoms with Crippen molar-refractivity contribution >= 4 is 40.5 Å². The predicted molar refractivity (Wildman–Crippen MR) is 114 cm³/mol. The average Bonchev–Trinajstić information content (AvgIpc) is 2.89. The molecule has 2 aromatic carbocycles. The lowest BCUT2D eigenvalue weighted by molar-refractivity contribution is 0.277. The van der Waals surface area contributed by atoms with Crippen LogP contribution in [0, 0.1) is 0 Å². The molecule has 3 nitrogen and oxygen atoms in total. The molecule has 0 saturated carbocycles. The highest BCUT2D eigenvalue weighted by molar-refractivity contribution is 7.80. The summed E-state index contributed by atoms with van der Waals surface area (Å²) in [5.41, 5.74) is 2.43. The molecule has 26 heavy (non-hydrogen) atoms. The van der Waals surface area contributed by atoms with E-state index in [1.54, 1.807) is 0 Å². The van der Waals surface area contributed by atoms with E-state index in [1.165, 1.54) is 5.56 Å². The van der Waals surface area contributed by atoms with Crippen LogP contribution in [-0.4, -0.2) is 41.1 Å². The molecule has 1 fully saturated rings. The first-order valence-corrected chi connectivity index (χ1v) is 10.0. The van der Waals surface area contributed by atoms with E-state index >= 15 is 0 Å². The Labute approximate surface area is 170 Å². The first kappa shape index (κ1) is 19.4. The monoisotopic (exact) mass is 407 g/mol. The molecule has 1 N–H and O–H groups in total. The molecule has 0 bridgehead atoms. The lowest BCUT2D eigenvalue weighted by atomic mass is 10.2. The first-order chi connectivity index (χ1) is 12.6. The van der Waals surface area contributed by atoms with Gasteiger partial charge in [-0.05, 0) is 41.9 Å². The minimum absolute atomic E-state index is 0.572. The van der Waals surface area contributed by atoms with Crippen LogP contribution < -0.4 is 5.32 Å². The van der Waals surface area contributed by atoms with Crippen molar-refractivity contribution in [1.82, 2.24) is 15.1 Å². The van der Waals surface area contributed by atoms with Crippen LogP contribution in [0.1, 0.15) is 17.5 Å². The van der Waals surface area contributed by atoms with Crippen molar-refractivity contribution in [3.05, 3.63) is 69.7 Å². The number of halogens is 2. The molecule has 0 aliphatic carbocycles. The van der Waals surface area contributed by atoms with Gasteiger partial charge in [-0.15, -0.1) is 0 Å². The molecule has 2 aromatic rings. The zero-order chi connectivity index (χ0) is 18.4. The smallest absolute Gasteiger partial charge is 0.169 e. The SMILES string of the molecule is S=C(NCc1ccc(Cl)c(Cl)c1)N1CCCN(Cc2ccccc2)CC1. The summed E-state index contributed by atoms with van der Waals surface area (Å²) < 4.78 is 0. The van der Waals surface area contributed by atoms with Crippen molar-refractivity contribution in [2.24, 2.45) is 0 Å². The Kier molecular flexibility index (Phi) is 7.15. The van der Waals surface area contributed by atoms with Gasteiger partial charge in [-0.2, -0.15) is 0 Å². The topological polar surface area (TPSA) is 18.5 Å². The third-order valence-electron chi connectivity index (χ3n) is 4.55. The molecule has 0 unspecified atom stereocenters. The van der Waals surface area contributed by atoms with Crippen molar-refractivity contribution in [3.8, 4) is 0 Å². The molecular formula is C20H23Cl2N3S. The van der Waals surface area contributed by atoms with Crippen LogP contribution in [0.3, 0.4) is 0 Å². The van der Waals surface area contributed by atoms with E-state index in [0.29, 0.717) is 16.6 Å². The number of hydrogen-bond donors (Lipinski definition) is 1. The summed E-state index contributed by atoms with van der Waals surface area (Å²) in [6, 6.07) is 16.3. The Morgan fingerprint density at radius 2 is 1.73 bits per heavy atom. The van der Waals surface area contributed by atoms with Gasteiger partial charge in [-0.1, -0.05) is 59.6 Å². The van der Waals surface area contributed by atoms with Crippen molar-refractivity contribution in [1.29, 1.82) is 0 Å². The van der Waals surface area contributed by atoms with Crippen molar-refractivity contribution < 1.29 is 0 Å². The second-order valence-corrected chi connectivity index (χ2v) is 7.71. The van der Waals surface area contributed by atoms with E-state index in [1.807, 2.05) is 18.2 Å². The third kappa shape index (κ3) is 5.58. The Bertz CT molecular complexity index is 739. The van der Waals surface area contributed by atoms with Gasteiger partial charge in [0.2, 0.25) is 0 Å². The number of benzene rings is 2. The molecule has 1 aliphatic rings. The largest absolute Gasteiger partial charge is 0.358 e. The maximum atomic E-state index is 6.07. The molecule has 0 spiro atoms. The highest BCUT2D eigenvalue weighted by Gasteiger charge is 2.17. The van der Waals surface area contributed by atoms with E-state index in [2.05, 4.69) is 45.4 Å². The Morgan fingerprint density at radius 3 is 2.50 bits per heavy atom. The lowest BCUT2D eigenvalue weighted by Gasteiger charge is -2.25. The molecule has 0 atom stereocenters. The second-order valence-electron chi connectivity index (χ2n) is 6.51. The Morgan fingerprint density at radius 1 is 0.923 bits per heavy atom. The lowest BCUT2D eigenvalue weighted by Crippen LogP contribution is -2.41. The number of nitrogens with one attached hydrogen (secondary N) is 1. The van der Waals surface area contributed by atoms with Gasteiger partial charge in [0.05, 0.1) is 10.0 Å². The van der Waals surface area contributed by atoms with Gasteiger partial charge in [0, 0.05) is 39.3 Å². The van der Waals surface area contributed by atoms with Gasteiger partial charge >= 0.3 is 0 Å². The van der Waals surface area contributed by atoms with Gasteiger partial charge in [0.15, 0.2) is 5.11 Å². The Hall–Kier alpha value is -1.33. The molecule has 138 valence electrons. The molecule has 0 amide bonds. The summed E-state index contributed by atoms with van der Waals surface area (Å²) in [5.74, 6) is 0. The van der Waals surface area contributed by atoms with Crippen molar-refractivity contribution in [2.75, 3.05) is 26.2 Å². The Balaban J connectivity index is 1.48. The summed E-state index contributed by atoms with van der Waals surface area (Å²) in [6.45, 7) is 5.70. The number of rotatable bonds is 4. The fourth-order valence-corrected chi connectivity index (χ4v) is 3.69. The molecular weight excluding hydrogens is 385 g/mol. The highest BCUT2D eigenvalue weighted by Crippen LogP contribution is 2.22. The van der Waals surface area contributed by atoms with Gasteiger partial charge in [0.25, 0.3) is 0 Å². The van der Waals surface area contributed by atoms with E-state index in [0.717, 1.165) is 49.8 Å². The van der Waals surface area contributed by atoms with Crippen LogP contribution in [0.25, 0.3) is 0 Å². The van der Waals surface area contributed by atoms with Gasteiger partial charge in [-0.3, -0.25) is 4.90 Å². The number of thiocarbonyl (C=S) groups is 1. The highest BCUT2D eigenvalue weighted by atomic mass is 35.5. The number of hydrogen-bond acceptors (Lipinski definition) is 2. The summed E-state index contributed by atoms with van der Waals surface area (Å²) in [5, 5.41) is 5.29. The molecule has 6 heteroatoms. The fourth-order valence-electron chi connectivity index (χ4n) is 3.11. The predicted octanol–water partition coefficient (Wildman–Crippen LogP) is 4.58. The summed E-state index contributed by atoms with van der Waals surface area (Å²) in [4.78, 5) is 4.76. The first-order valence-electron chi connectivity index (χ1n) is 8.85. The minimum Gasteiger partial charge on any atom is -0.358 e. The van der Waals surface area contributed by atoms with Crippen LogP contribution in [0.2, 0.25) is 10.0 Å². The zero-order valence-electron chi connectivity index (χ0n) is 14.6. The molecule has 0 aromatic heterocycles. The van der Waals surface area contributed by atoms with Gasteiger partial charge in [-0.25, -0.2) is 0 Å². The van der Waals surface area contributed by atoms with Crippen LogP contribution >= 0.6 is 35.4 Å². The van der Waals surface area contributed by atoms with Crippen LogP contribution in [0.5, 0.6) is 0 Å². The van der Waals surface area contributed by atoms with Gasteiger partial charge in [0.1, 0.15) is 0 Å². The molecule has 1 heterocycles. The van der Waals surface area contributed by atoms with E-state index in [9.17, 15) is 0 Å². The molecule has 1 saturated heterocycles. The van der Waals surface area contributed by atoms with Crippen molar-refractivity contribution in [2.45, 2.75) is 19.5 Å². The molecule has 0 radical (unpaired) electrons. The minimum atomic E-state index is 0.572. The third-order valence-corrected chi connectivity index (χ3v) is 5.69. The summed E-state index contributed by atoms with van der Waals surface area (Å²) in [7, 11) is 0. The maximum absolute atomic E-state index is 6.07. The van der Waals surface area contributed by atoms with Gasteiger partial charge < -0.3 is 10.2 Å². The van der Waals surface area contributed by atoms with E-state index < -0.39 is 0 Å². The number of nitrogens with zero attached hydrogens (tertiary/aromatic N) is 2. The molecule has 3 rings (SSSR count). The zero-order valence-corrected chi connectivity index (χ0v) is 17.0. The normalized spacial score (nSPS) is 15.5. The fraction of sp³-hybridized carbons (Fsp3) is 0.350.